The number of carbonyl (C=O) groups is 2. The smallest absolute Gasteiger partial charge is 0.324 e. The number of nitrogens with one attached hydrogen (secondary N) is 1. The van der Waals surface area contributed by atoms with Crippen molar-refractivity contribution < 1.29 is 19.6 Å². The van der Waals surface area contributed by atoms with Crippen molar-refractivity contribution in [2.45, 2.75) is 22.1 Å². The Morgan fingerprint density at radius 3 is 2.32 bits per heavy atom. The predicted molar refractivity (Wildman–Crippen MR) is 112 cm³/mol. The van der Waals surface area contributed by atoms with E-state index < -0.39 is 25.6 Å². The first-order chi connectivity index (χ1) is 13.0. The summed E-state index contributed by atoms with van der Waals surface area (Å²) >= 11 is 6.23. The number of nitrogens with two attached hydrogens (primary N) is 1. The first-order valence-corrected chi connectivity index (χ1v) is 9.58. The second-order valence-electron chi connectivity index (χ2n) is 6.19. The number of nitrogens with zero attached hydrogens (tertiary/aromatic N) is 1. The molecule has 0 bridgehead atoms. The Labute approximate surface area is 177 Å². The van der Waals surface area contributed by atoms with Gasteiger partial charge in [0.25, 0.3) is 11.6 Å². The number of benzene rings is 2. The largest absolute Gasteiger partial charge is 0.480 e. The highest BCUT2D eigenvalue weighted by atomic mass is 79.9. The third kappa shape index (κ3) is 4.40. The summed E-state index contributed by atoms with van der Waals surface area (Å²) in [6, 6.07) is 12.6. The second-order valence-corrected chi connectivity index (χ2v) is 8.80. The molecule has 2 aromatic rings. The van der Waals surface area contributed by atoms with Crippen molar-refractivity contribution in [1.82, 2.24) is 0 Å². The number of hydrogen-bond donors (Lipinski definition) is 3. The summed E-state index contributed by atoms with van der Waals surface area (Å²) in [5.41, 5.74) is 7.38. The third-order valence-electron chi connectivity index (χ3n) is 4.21. The van der Waals surface area contributed by atoms with E-state index in [0.717, 1.165) is 0 Å². The first kappa shape index (κ1) is 22.0. The number of carbonyl (C=O) groups excluding carboxylic acids is 1. The van der Waals surface area contributed by atoms with Gasteiger partial charge in [-0.2, -0.15) is 0 Å². The van der Waals surface area contributed by atoms with E-state index in [2.05, 4.69) is 37.2 Å². The lowest BCUT2D eigenvalue weighted by atomic mass is 9.91. The van der Waals surface area contributed by atoms with Crippen molar-refractivity contribution in [3.05, 3.63) is 69.8 Å². The van der Waals surface area contributed by atoms with Crippen LogP contribution in [0.15, 0.2) is 48.5 Å². The van der Waals surface area contributed by atoms with E-state index in [-0.39, 0.29) is 17.8 Å². The van der Waals surface area contributed by atoms with Crippen LogP contribution < -0.4 is 11.1 Å². The zero-order chi connectivity index (χ0) is 21.1. The topological polar surface area (TPSA) is 136 Å². The molecule has 0 spiro atoms. The quantitative estimate of drug-likeness (QED) is 0.224. The zero-order valence-corrected chi connectivity index (χ0v) is 17.9. The number of hydrogen-bond acceptors (Lipinski definition) is 5. The maximum atomic E-state index is 12.8. The highest BCUT2D eigenvalue weighted by molar-refractivity contribution is 9.13. The Morgan fingerprint density at radius 2 is 1.82 bits per heavy atom. The van der Waals surface area contributed by atoms with E-state index in [0.29, 0.717) is 11.1 Å². The van der Waals surface area contributed by atoms with E-state index >= 15 is 0 Å². The van der Waals surface area contributed by atoms with Gasteiger partial charge in [-0.3, -0.25) is 19.7 Å². The molecule has 0 fully saturated rings. The molecule has 2 rings (SSSR count). The van der Waals surface area contributed by atoms with Crippen LogP contribution in [-0.2, 0) is 16.0 Å². The molecule has 0 aromatic heterocycles. The Kier molecular flexibility index (Phi) is 6.58. The number of rotatable bonds is 7. The van der Waals surface area contributed by atoms with E-state index in [4.69, 9.17) is 5.73 Å². The SMILES string of the molecule is Cc1cc([N+](=O)[O-])ccc1NC(=O)C(N)(Br)C(Br)(Cc1ccccc1)C(=O)O. The Hall–Kier alpha value is -2.30. The lowest BCUT2D eigenvalue weighted by molar-refractivity contribution is -0.384. The summed E-state index contributed by atoms with van der Waals surface area (Å²) in [4.78, 5) is 35.1. The third-order valence-corrected chi connectivity index (χ3v) is 7.02. The lowest BCUT2D eigenvalue weighted by Crippen LogP contribution is -2.64. The van der Waals surface area contributed by atoms with Crippen LogP contribution in [-0.4, -0.2) is 30.7 Å². The Morgan fingerprint density at radius 1 is 1.21 bits per heavy atom. The predicted octanol–water partition coefficient (Wildman–Crippen LogP) is 3.35. The van der Waals surface area contributed by atoms with Crippen LogP contribution in [0.4, 0.5) is 11.4 Å². The molecule has 0 radical (unpaired) electrons. The summed E-state index contributed by atoms with van der Waals surface area (Å²) in [6.07, 6.45) is -0.0718. The minimum Gasteiger partial charge on any atom is -0.480 e. The minimum atomic E-state index is -2.03. The van der Waals surface area contributed by atoms with Crippen LogP contribution in [0.5, 0.6) is 0 Å². The molecule has 2 unspecified atom stereocenters. The molecule has 2 atom stereocenters. The number of aryl methyl sites for hydroxylation is 1. The number of non-ortho nitro benzene ring substituents is 1. The minimum absolute atomic E-state index is 0.0718. The van der Waals surface area contributed by atoms with Gasteiger partial charge >= 0.3 is 5.97 Å². The molecular weight excluding hydrogens is 498 g/mol. The van der Waals surface area contributed by atoms with Gasteiger partial charge in [0.2, 0.25) is 0 Å². The van der Waals surface area contributed by atoms with Crippen LogP contribution in [0.1, 0.15) is 11.1 Å². The fourth-order valence-corrected chi connectivity index (χ4v) is 3.44. The van der Waals surface area contributed by atoms with Crippen molar-refractivity contribution in [2.75, 3.05) is 5.32 Å². The van der Waals surface area contributed by atoms with Gasteiger partial charge in [-0.25, -0.2) is 0 Å². The van der Waals surface area contributed by atoms with Gasteiger partial charge in [0.1, 0.15) is 0 Å². The van der Waals surface area contributed by atoms with Crippen LogP contribution >= 0.6 is 31.9 Å². The molecule has 0 aliphatic carbocycles. The Bertz CT molecular complexity index is 921. The number of nitro groups is 1. The number of carboxylic acid groups (broad SMARTS) is 1. The van der Waals surface area contributed by atoms with Crippen LogP contribution in [0.2, 0.25) is 0 Å². The van der Waals surface area contributed by atoms with Crippen molar-refractivity contribution >= 4 is 55.1 Å². The molecule has 1 amide bonds. The molecule has 148 valence electrons. The van der Waals surface area contributed by atoms with Gasteiger partial charge < -0.3 is 16.2 Å². The lowest BCUT2D eigenvalue weighted by Gasteiger charge is -2.36. The van der Waals surface area contributed by atoms with Gasteiger partial charge in [-0.15, -0.1) is 0 Å². The second kappa shape index (κ2) is 8.38. The van der Waals surface area contributed by atoms with Gasteiger partial charge in [-0.1, -0.05) is 62.2 Å². The zero-order valence-electron chi connectivity index (χ0n) is 14.7. The summed E-state index contributed by atoms with van der Waals surface area (Å²) in [7, 11) is 0. The van der Waals surface area contributed by atoms with Gasteiger partial charge in [-0.05, 0) is 24.1 Å². The van der Waals surface area contributed by atoms with Gasteiger partial charge in [0.05, 0.1) is 4.92 Å². The standard InChI is InChI=1S/C18H17Br2N3O5/c1-11-9-13(23(27)28)7-8-14(11)22-15(24)18(20,21)17(19,16(25)26)10-12-5-3-2-4-6-12/h2-9H,10,21H2,1H3,(H,22,24)(H,25,26). The number of nitro benzene ring substituents is 1. The highest BCUT2D eigenvalue weighted by Gasteiger charge is 2.56. The highest BCUT2D eigenvalue weighted by Crippen LogP contribution is 2.39. The Balaban J connectivity index is 2.33. The molecule has 28 heavy (non-hydrogen) atoms. The normalized spacial score (nSPS) is 15.1. The molecule has 0 saturated heterocycles. The van der Waals surface area contributed by atoms with Crippen molar-refractivity contribution in [1.29, 1.82) is 0 Å². The monoisotopic (exact) mass is 513 g/mol. The molecule has 10 heteroatoms. The average Bonchev–Trinajstić information content (AvgIpc) is 2.63. The van der Waals surface area contributed by atoms with Gasteiger partial charge in [0, 0.05) is 24.2 Å². The number of amides is 1. The summed E-state index contributed by atoms with van der Waals surface area (Å²) in [5, 5.41) is 23.2. The number of carboxylic acids is 1. The van der Waals surface area contributed by atoms with Crippen molar-refractivity contribution in [3.8, 4) is 0 Å². The molecular formula is C18H17Br2N3O5. The summed E-state index contributed by atoms with van der Waals surface area (Å²) in [6.45, 7) is 1.58. The number of halogens is 2. The average molecular weight is 515 g/mol. The molecule has 0 aliphatic heterocycles. The number of aliphatic carboxylic acids is 1. The fourth-order valence-electron chi connectivity index (χ4n) is 2.53. The fraction of sp³-hybridized carbons (Fsp3) is 0.222. The van der Waals surface area contributed by atoms with E-state index in [1.807, 2.05) is 0 Å². The molecule has 8 nitrogen and oxygen atoms in total. The van der Waals surface area contributed by atoms with E-state index in [9.17, 15) is 24.8 Å². The molecule has 0 heterocycles. The molecule has 0 saturated carbocycles. The van der Waals surface area contributed by atoms with Crippen LogP contribution in [0, 0.1) is 17.0 Å². The van der Waals surface area contributed by atoms with Crippen LogP contribution in [0.25, 0.3) is 0 Å². The number of alkyl halides is 2. The van der Waals surface area contributed by atoms with Crippen LogP contribution in [0.3, 0.4) is 0 Å². The summed E-state index contributed by atoms with van der Waals surface area (Å²) in [5.74, 6) is -2.15. The van der Waals surface area contributed by atoms with E-state index in [1.54, 1.807) is 37.3 Å². The summed E-state index contributed by atoms with van der Waals surface area (Å²) < 4.78 is -3.89. The maximum Gasteiger partial charge on any atom is 0.324 e. The maximum absolute atomic E-state index is 12.8. The van der Waals surface area contributed by atoms with E-state index in [1.165, 1.54) is 18.2 Å². The van der Waals surface area contributed by atoms with Crippen molar-refractivity contribution in [2.24, 2.45) is 5.73 Å². The molecule has 4 N–H and O–H groups in total. The molecule has 2 aromatic carbocycles. The first-order valence-electron chi connectivity index (χ1n) is 7.99. The molecule has 0 aliphatic rings. The van der Waals surface area contributed by atoms with Crippen molar-refractivity contribution in [3.63, 3.8) is 0 Å². The van der Waals surface area contributed by atoms with Gasteiger partial charge in [0.15, 0.2) is 8.77 Å². The number of anilines is 1.